The Balaban J connectivity index is 1.77. The number of pyridine rings is 1. The molecule has 2 heterocycles. The Hall–Kier alpha value is -2.89. The first-order valence-electron chi connectivity index (χ1n) is 10.0. The minimum Gasteiger partial charge on any atom is -0.371 e. The van der Waals surface area contributed by atoms with Crippen LogP contribution in [-0.4, -0.2) is 29.9 Å². The average Bonchev–Trinajstić information content (AvgIpc) is 3.26. The topological polar surface area (TPSA) is 74.3 Å². The second kappa shape index (κ2) is 9.88. The normalized spacial score (nSPS) is 13.4. The number of anilines is 2. The minimum atomic E-state index is -0.143. The van der Waals surface area contributed by atoms with Crippen LogP contribution in [0.4, 0.5) is 11.4 Å². The monoisotopic (exact) mass is 380 g/mol. The smallest absolute Gasteiger partial charge is 0.253 e. The van der Waals surface area contributed by atoms with E-state index in [1.807, 2.05) is 24.3 Å². The van der Waals surface area contributed by atoms with Gasteiger partial charge in [0.15, 0.2) is 0 Å². The van der Waals surface area contributed by atoms with Gasteiger partial charge in [-0.2, -0.15) is 0 Å². The molecule has 148 valence electrons. The van der Waals surface area contributed by atoms with E-state index in [4.69, 9.17) is 0 Å². The summed E-state index contributed by atoms with van der Waals surface area (Å²) in [5.74, 6) is -0.159. The molecule has 28 heavy (non-hydrogen) atoms. The number of unbranched alkanes of at least 4 members (excludes halogenated alkanes) is 1. The van der Waals surface area contributed by atoms with Gasteiger partial charge in [-0.15, -0.1) is 0 Å². The van der Waals surface area contributed by atoms with Crippen LogP contribution in [0, 0.1) is 0 Å². The molecule has 2 aromatic rings. The van der Waals surface area contributed by atoms with E-state index in [1.165, 1.54) is 0 Å². The maximum absolute atomic E-state index is 12.9. The zero-order valence-electron chi connectivity index (χ0n) is 16.4. The number of hydrogen-bond acceptors (Lipinski definition) is 4. The number of rotatable bonds is 8. The number of nitrogens with one attached hydrogen (secondary N) is 2. The van der Waals surface area contributed by atoms with Crippen LogP contribution in [0.3, 0.4) is 0 Å². The number of amides is 2. The highest BCUT2D eigenvalue weighted by atomic mass is 16.2. The van der Waals surface area contributed by atoms with E-state index in [2.05, 4.69) is 27.4 Å². The van der Waals surface area contributed by atoms with Crippen LogP contribution in [0.2, 0.25) is 0 Å². The Morgan fingerprint density at radius 2 is 2.00 bits per heavy atom. The average molecular weight is 380 g/mol. The van der Waals surface area contributed by atoms with Crippen LogP contribution in [-0.2, 0) is 11.3 Å². The molecule has 1 aliphatic rings. The molecule has 1 saturated heterocycles. The zero-order chi connectivity index (χ0) is 19.8. The van der Waals surface area contributed by atoms with Crippen LogP contribution < -0.4 is 15.5 Å². The number of carbonyl (C=O) groups excluding carboxylic acids is 2. The molecule has 1 aliphatic heterocycles. The highest BCUT2D eigenvalue weighted by molar-refractivity contribution is 6.02. The first kappa shape index (κ1) is 19.9. The highest BCUT2D eigenvalue weighted by Gasteiger charge is 2.20. The molecule has 6 heteroatoms. The molecule has 1 aromatic heterocycles. The Morgan fingerprint density at radius 1 is 1.18 bits per heavy atom. The number of benzene rings is 1. The number of aromatic nitrogens is 1. The predicted molar refractivity (Wildman–Crippen MR) is 111 cm³/mol. The Bertz CT molecular complexity index is 801. The summed E-state index contributed by atoms with van der Waals surface area (Å²) in [6, 6.07) is 9.40. The Labute approximate surface area is 166 Å². The molecule has 1 fully saturated rings. The van der Waals surface area contributed by atoms with Gasteiger partial charge in [0.05, 0.1) is 5.56 Å². The Kier molecular flexibility index (Phi) is 7.00. The summed E-state index contributed by atoms with van der Waals surface area (Å²) in [5, 5.41) is 5.89. The van der Waals surface area contributed by atoms with Gasteiger partial charge in [-0.3, -0.25) is 14.6 Å². The van der Waals surface area contributed by atoms with Crippen molar-refractivity contribution >= 4 is 23.2 Å². The summed E-state index contributed by atoms with van der Waals surface area (Å²) in [4.78, 5) is 31.3. The van der Waals surface area contributed by atoms with E-state index in [0.29, 0.717) is 24.2 Å². The molecule has 0 unspecified atom stereocenters. The molecule has 0 spiro atoms. The lowest BCUT2D eigenvalue weighted by molar-refractivity contribution is -0.116. The van der Waals surface area contributed by atoms with Crippen LogP contribution in [0.15, 0.2) is 42.7 Å². The van der Waals surface area contributed by atoms with E-state index < -0.39 is 0 Å². The molecular formula is C22H28N4O2. The van der Waals surface area contributed by atoms with Crippen molar-refractivity contribution in [3.05, 3.63) is 53.9 Å². The third kappa shape index (κ3) is 5.31. The first-order valence-corrected chi connectivity index (χ1v) is 10.0. The molecule has 0 saturated carbocycles. The van der Waals surface area contributed by atoms with E-state index in [0.717, 1.165) is 50.0 Å². The molecule has 2 amide bonds. The second-order valence-corrected chi connectivity index (χ2v) is 7.12. The van der Waals surface area contributed by atoms with E-state index >= 15 is 0 Å². The fraction of sp³-hybridized carbons (Fsp3) is 0.409. The number of carbonyl (C=O) groups is 2. The van der Waals surface area contributed by atoms with Gasteiger partial charge in [-0.05, 0) is 49.1 Å². The molecule has 0 aliphatic carbocycles. The maximum atomic E-state index is 12.9. The first-order chi connectivity index (χ1) is 13.7. The van der Waals surface area contributed by atoms with Crippen molar-refractivity contribution in [3.8, 4) is 0 Å². The molecule has 3 rings (SSSR count). The van der Waals surface area contributed by atoms with E-state index in [1.54, 1.807) is 18.5 Å². The van der Waals surface area contributed by atoms with Crippen LogP contribution in [0.5, 0.6) is 0 Å². The van der Waals surface area contributed by atoms with Gasteiger partial charge in [-0.1, -0.05) is 19.4 Å². The predicted octanol–water partition coefficient (Wildman–Crippen LogP) is 3.74. The Morgan fingerprint density at radius 3 is 2.71 bits per heavy atom. The molecule has 0 atom stereocenters. The summed E-state index contributed by atoms with van der Waals surface area (Å²) < 4.78 is 0. The van der Waals surface area contributed by atoms with Crippen molar-refractivity contribution in [1.29, 1.82) is 0 Å². The number of hydrogen-bond donors (Lipinski definition) is 2. The maximum Gasteiger partial charge on any atom is 0.253 e. The van der Waals surface area contributed by atoms with Crippen molar-refractivity contribution in [2.45, 2.75) is 45.6 Å². The lowest BCUT2D eigenvalue weighted by atomic mass is 10.1. The van der Waals surface area contributed by atoms with Gasteiger partial charge in [0, 0.05) is 49.8 Å². The third-order valence-electron chi connectivity index (χ3n) is 4.90. The van der Waals surface area contributed by atoms with Crippen molar-refractivity contribution in [3.63, 3.8) is 0 Å². The van der Waals surface area contributed by atoms with Crippen molar-refractivity contribution < 1.29 is 9.59 Å². The van der Waals surface area contributed by atoms with Crippen molar-refractivity contribution in [2.24, 2.45) is 0 Å². The highest BCUT2D eigenvalue weighted by Crippen LogP contribution is 2.27. The SMILES string of the molecule is CCCCC(=O)Nc1ccc(N2CCCC2)c(C(=O)NCc2cccnc2)c1. The summed E-state index contributed by atoms with van der Waals surface area (Å²) in [6.45, 7) is 4.37. The lowest BCUT2D eigenvalue weighted by Gasteiger charge is -2.22. The quantitative estimate of drug-likeness (QED) is 0.732. The van der Waals surface area contributed by atoms with Crippen molar-refractivity contribution in [2.75, 3.05) is 23.3 Å². The van der Waals surface area contributed by atoms with Crippen LogP contribution in [0.1, 0.15) is 54.9 Å². The van der Waals surface area contributed by atoms with Gasteiger partial charge in [0.1, 0.15) is 0 Å². The number of nitrogens with zero attached hydrogens (tertiary/aromatic N) is 2. The molecule has 0 bridgehead atoms. The summed E-state index contributed by atoms with van der Waals surface area (Å²) in [5.41, 5.74) is 3.13. The van der Waals surface area contributed by atoms with Crippen LogP contribution >= 0.6 is 0 Å². The van der Waals surface area contributed by atoms with Gasteiger partial charge in [0.25, 0.3) is 5.91 Å². The van der Waals surface area contributed by atoms with Crippen LogP contribution in [0.25, 0.3) is 0 Å². The third-order valence-corrected chi connectivity index (χ3v) is 4.90. The molecule has 6 nitrogen and oxygen atoms in total. The van der Waals surface area contributed by atoms with Crippen molar-refractivity contribution in [1.82, 2.24) is 10.3 Å². The van der Waals surface area contributed by atoms with Gasteiger partial charge in [0.2, 0.25) is 5.91 Å². The molecule has 2 N–H and O–H groups in total. The fourth-order valence-electron chi connectivity index (χ4n) is 3.37. The zero-order valence-corrected chi connectivity index (χ0v) is 16.4. The van der Waals surface area contributed by atoms with Gasteiger partial charge in [-0.25, -0.2) is 0 Å². The summed E-state index contributed by atoms with van der Waals surface area (Å²) in [6.07, 6.45) is 8.04. The van der Waals surface area contributed by atoms with E-state index in [-0.39, 0.29) is 11.8 Å². The molecule has 0 radical (unpaired) electrons. The largest absolute Gasteiger partial charge is 0.371 e. The summed E-state index contributed by atoms with van der Waals surface area (Å²) >= 11 is 0. The van der Waals surface area contributed by atoms with Gasteiger partial charge >= 0.3 is 0 Å². The second-order valence-electron chi connectivity index (χ2n) is 7.12. The lowest BCUT2D eigenvalue weighted by Crippen LogP contribution is -2.27. The standard InChI is InChI=1S/C22H28N4O2/c1-2-3-8-21(27)25-18-9-10-20(26-12-4-5-13-26)19(14-18)22(28)24-16-17-7-6-11-23-15-17/h6-7,9-11,14-15H,2-5,8,12-13,16H2,1H3,(H,24,28)(H,25,27). The molecular weight excluding hydrogens is 352 g/mol. The summed E-state index contributed by atoms with van der Waals surface area (Å²) in [7, 11) is 0. The van der Waals surface area contributed by atoms with E-state index in [9.17, 15) is 9.59 Å². The minimum absolute atomic E-state index is 0.0162. The molecule has 1 aromatic carbocycles. The van der Waals surface area contributed by atoms with Gasteiger partial charge < -0.3 is 15.5 Å². The fourth-order valence-corrected chi connectivity index (χ4v) is 3.37.